The molecule has 1 heterocycles. The SMILES string of the molecule is CCOc1ccc(OCCNC(=O)COC(=O)c2cnc(Cl)c(Cl)c2)cc1. The number of halogens is 2. The zero-order valence-electron chi connectivity index (χ0n) is 14.5. The maximum atomic E-state index is 11.8. The van der Waals surface area contributed by atoms with Gasteiger partial charge in [-0.15, -0.1) is 0 Å². The van der Waals surface area contributed by atoms with E-state index in [-0.39, 0.29) is 28.9 Å². The van der Waals surface area contributed by atoms with Gasteiger partial charge in [-0.1, -0.05) is 23.2 Å². The van der Waals surface area contributed by atoms with Crippen LogP contribution in [0.4, 0.5) is 0 Å². The molecule has 9 heteroatoms. The molecule has 2 rings (SSSR count). The van der Waals surface area contributed by atoms with E-state index in [9.17, 15) is 9.59 Å². The summed E-state index contributed by atoms with van der Waals surface area (Å²) >= 11 is 11.5. The van der Waals surface area contributed by atoms with Crippen molar-refractivity contribution in [2.75, 3.05) is 26.4 Å². The number of nitrogens with one attached hydrogen (secondary N) is 1. The number of aromatic nitrogens is 1. The lowest BCUT2D eigenvalue weighted by Gasteiger charge is -2.09. The molecule has 0 radical (unpaired) electrons. The highest BCUT2D eigenvalue weighted by Crippen LogP contribution is 2.20. The predicted octanol–water partition coefficient (Wildman–Crippen LogP) is 3.14. The number of esters is 1. The Balaban J connectivity index is 1.65. The van der Waals surface area contributed by atoms with E-state index in [0.717, 1.165) is 5.75 Å². The zero-order chi connectivity index (χ0) is 19.6. The number of rotatable bonds is 9. The second-order valence-electron chi connectivity index (χ2n) is 5.18. The molecular weight excluding hydrogens is 395 g/mol. The summed E-state index contributed by atoms with van der Waals surface area (Å²) in [6.45, 7) is 2.61. The smallest absolute Gasteiger partial charge is 0.340 e. The average molecular weight is 413 g/mol. The Bertz CT molecular complexity index is 784. The second-order valence-corrected chi connectivity index (χ2v) is 5.94. The van der Waals surface area contributed by atoms with Crippen LogP contribution in [0.15, 0.2) is 36.5 Å². The zero-order valence-corrected chi connectivity index (χ0v) is 16.0. The number of hydrogen-bond acceptors (Lipinski definition) is 6. The van der Waals surface area contributed by atoms with Crippen LogP contribution < -0.4 is 14.8 Å². The molecule has 0 saturated carbocycles. The van der Waals surface area contributed by atoms with Gasteiger partial charge in [0.2, 0.25) is 0 Å². The maximum absolute atomic E-state index is 11.8. The number of pyridine rings is 1. The van der Waals surface area contributed by atoms with E-state index in [4.69, 9.17) is 37.4 Å². The minimum Gasteiger partial charge on any atom is -0.494 e. The Kier molecular flexibility index (Phi) is 8.16. The number of carbonyl (C=O) groups excluding carboxylic acids is 2. The summed E-state index contributed by atoms with van der Waals surface area (Å²) in [6, 6.07) is 8.48. The molecule has 7 nitrogen and oxygen atoms in total. The quantitative estimate of drug-likeness (QED) is 0.386. The minimum absolute atomic E-state index is 0.0819. The summed E-state index contributed by atoms with van der Waals surface area (Å²) in [5.41, 5.74) is 0.107. The van der Waals surface area contributed by atoms with Crippen molar-refractivity contribution < 1.29 is 23.8 Å². The summed E-state index contributed by atoms with van der Waals surface area (Å²) in [7, 11) is 0. The van der Waals surface area contributed by atoms with Crippen LogP contribution in [0.5, 0.6) is 11.5 Å². The van der Waals surface area contributed by atoms with Crippen LogP contribution in [-0.4, -0.2) is 43.2 Å². The summed E-state index contributed by atoms with van der Waals surface area (Å²) in [5.74, 6) is 0.247. The molecule has 0 bridgehead atoms. The number of nitrogens with zero attached hydrogens (tertiary/aromatic N) is 1. The molecule has 0 aliphatic heterocycles. The average Bonchev–Trinajstić information content (AvgIpc) is 2.67. The van der Waals surface area contributed by atoms with Crippen molar-refractivity contribution in [3.05, 3.63) is 52.3 Å². The molecule has 0 aliphatic rings. The first-order chi connectivity index (χ1) is 13.0. The predicted molar refractivity (Wildman–Crippen MR) is 101 cm³/mol. The van der Waals surface area contributed by atoms with Crippen molar-refractivity contribution in [2.24, 2.45) is 0 Å². The van der Waals surface area contributed by atoms with Crippen molar-refractivity contribution >= 4 is 35.1 Å². The van der Waals surface area contributed by atoms with Gasteiger partial charge in [-0.05, 0) is 37.3 Å². The van der Waals surface area contributed by atoms with E-state index in [2.05, 4.69) is 10.3 Å². The fourth-order valence-corrected chi connectivity index (χ4v) is 2.23. The van der Waals surface area contributed by atoms with Crippen LogP contribution in [0.3, 0.4) is 0 Å². The fourth-order valence-electron chi connectivity index (χ4n) is 1.96. The Morgan fingerprint density at radius 2 is 1.78 bits per heavy atom. The lowest BCUT2D eigenvalue weighted by Crippen LogP contribution is -2.32. The van der Waals surface area contributed by atoms with Gasteiger partial charge in [0.15, 0.2) is 6.61 Å². The van der Waals surface area contributed by atoms with Crippen LogP contribution >= 0.6 is 23.2 Å². The normalized spacial score (nSPS) is 10.2. The lowest BCUT2D eigenvalue weighted by molar-refractivity contribution is -0.124. The van der Waals surface area contributed by atoms with E-state index >= 15 is 0 Å². The number of amides is 1. The van der Waals surface area contributed by atoms with Crippen LogP contribution in [0, 0.1) is 0 Å². The molecule has 27 heavy (non-hydrogen) atoms. The van der Waals surface area contributed by atoms with Gasteiger partial charge in [0.1, 0.15) is 23.3 Å². The molecule has 0 unspecified atom stereocenters. The van der Waals surface area contributed by atoms with Gasteiger partial charge in [0, 0.05) is 6.20 Å². The topological polar surface area (TPSA) is 86.8 Å². The van der Waals surface area contributed by atoms with Crippen molar-refractivity contribution in [3.8, 4) is 11.5 Å². The summed E-state index contributed by atoms with van der Waals surface area (Å²) in [4.78, 5) is 27.3. The van der Waals surface area contributed by atoms with Crippen LogP contribution in [0.1, 0.15) is 17.3 Å². The van der Waals surface area contributed by atoms with Gasteiger partial charge in [-0.25, -0.2) is 9.78 Å². The third-order valence-corrected chi connectivity index (χ3v) is 3.88. The van der Waals surface area contributed by atoms with E-state index in [1.807, 2.05) is 6.92 Å². The molecule has 0 aliphatic carbocycles. The second kappa shape index (κ2) is 10.6. The van der Waals surface area contributed by atoms with Crippen LogP contribution in [0.2, 0.25) is 10.2 Å². The number of hydrogen-bond donors (Lipinski definition) is 1. The molecule has 1 aromatic heterocycles. The lowest BCUT2D eigenvalue weighted by atomic mass is 10.3. The summed E-state index contributed by atoms with van der Waals surface area (Å²) in [5, 5.41) is 2.79. The third kappa shape index (κ3) is 6.96. The summed E-state index contributed by atoms with van der Waals surface area (Å²) in [6.07, 6.45) is 1.22. The third-order valence-electron chi connectivity index (χ3n) is 3.19. The van der Waals surface area contributed by atoms with Crippen molar-refractivity contribution in [2.45, 2.75) is 6.92 Å². The highest BCUT2D eigenvalue weighted by molar-refractivity contribution is 6.41. The Labute approximate surface area is 166 Å². The molecule has 0 spiro atoms. The molecule has 144 valence electrons. The van der Waals surface area contributed by atoms with Gasteiger partial charge >= 0.3 is 5.97 Å². The van der Waals surface area contributed by atoms with Crippen LogP contribution in [0.25, 0.3) is 0 Å². The van der Waals surface area contributed by atoms with Gasteiger partial charge in [-0.3, -0.25) is 4.79 Å². The molecule has 0 atom stereocenters. The standard InChI is InChI=1S/C18H18Cl2N2O5/c1-2-25-13-3-5-14(6-4-13)26-8-7-21-16(23)11-27-18(24)12-9-15(19)17(20)22-10-12/h3-6,9-10H,2,7-8,11H2,1H3,(H,21,23). The van der Waals surface area contributed by atoms with Gasteiger partial charge in [-0.2, -0.15) is 0 Å². The van der Waals surface area contributed by atoms with Crippen LogP contribution in [-0.2, 0) is 9.53 Å². The highest BCUT2D eigenvalue weighted by Gasteiger charge is 2.12. The Morgan fingerprint density at radius 3 is 2.41 bits per heavy atom. The fraction of sp³-hybridized carbons (Fsp3) is 0.278. The number of carbonyl (C=O) groups is 2. The van der Waals surface area contributed by atoms with E-state index < -0.39 is 18.5 Å². The maximum Gasteiger partial charge on any atom is 0.340 e. The van der Waals surface area contributed by atoms with Gasteiger partial charge in [0.05, 0.1) is 23.7 Å². The molecule has 1 aromatic carbocycles. The summed E-state index contributed by atoms with van der Waals surface area (Å²) < 4.78 is 15.7. The molecule has 0 saturated heterocycles. The van der Waals surface area contributed by atoms with E-state index in [0.29, 0.717) is 12.4 Å². The Hall–Kier alpha value is -2.51. The van der Waals surface area contributed by atoms with E-state index in [1.165, 1.54) is 12.3 Å². The number of benzene rings is 1. The highest BCUT2D eigenvalue weighted by atomic mass is 35.5. The monoisotopic (exact) mass is 412 g/mol. The van der Waals surface area contributed by atoms with Crippen molar-refractivity contribution in [1.29, 1.82) is 0 Å². The molecule has 1 amide bonds. The number of ether oxygens (including phenoxy) is 3. The first kappa shape index (κ1) is 20.8. The largest absolute Gasteiger partial charge is 0.494 e. The molecule has 1 N–H and O–H groups in total. The molecular formula is C18H18Cl2N2O5. The van der Waals surface area contributed by atoms with Crippen molar-refractivity contribution in [1.82, 2.24) is 10.3 Å². The first-order valence-electron chi connectivity index (χ1n) is 8.10. The van der Waals surface area contributed by atoms with Gasteiger partial charge < -0.3 is 19.5 Å². The molecule has 0 fully saturated rings. The van der Waals surface area contributed by atoms with Crippen molar-refractivity contribution in [3.63, 3.8) is 0 Å². The van der Waals surface area contributed by atoms with E-state index in [1.54, 1.807) is 24.3 Å². The minimum atomic E-state index is -0.721. The first-order valence-corrected chi connectivity index (χ1v) is 8.85. The van der Waals surface area contributed by atoms with Gasteiger partial charge in [0.25, 0.3) is 5.91 Å². The molecule has 2 aromatic rings. The Morgan fingerprint density at radius 1 is 1.11 bits per heavy atom.